The van der Waals surface area contributed by atoms with Gasteiger partial charge in [0, 0.05) is 13.5 Å². The minimum atomic E-state index is -0.611. The van der Waals surface area contributed by atoms with Gasteiger partial charge in [-0.1, -0.05) is 36.4 Å². The van der Waals surface area contributed by atoms with Crippen LogP contribution in [0.2, 0.25) is 0 Å². The number of hydrogen-bond acceptors (Lipinski definition) is 2. The number of methoxy groups -OCH3 is 1. The fourth-order valence-corrected chi connectivity index (χ4v) is 1.72. The van der Waals surface area contributed by atoms with Gasteiger partial charge < -0.3 is 9.47 Å². The molecule has 0 amide bonds. The van der Waals surface area contributed by atoms with Crippen LogP contribution in [0.3, 0.4) is 0 Å². The molecule has 0 aliphatic carbocycles. The summed E-state index contributed by atoms with van der Waals surface area (Å²) in [5.41, 5.74) is 1.15. The third-order valence-electron chi connectivity index (χ3n) is 2.68. The topological polar surface area (TPSA) is 18.5 Å². The highest BCUT2D eigenvalue weighted by Gasteiger charge is 2.32. The van der Waals surface area contributed by atoms with Crippen molar-refractivity contribution in [2.24, 2.45) is 0 Å². The van der Waals surface area contributed by atoms with Crippen molar-refractivity contribution in [2.45, 2.75) is 19.1 Å². The highest BCUT2D eigenvalue weighted by molar-refractivity contribution is 5.50. The van der Waals surface area contributed by atoms with Crippen molar-refractivity contribution in [1.29, 1.82) is 0 Å². The summed E-state index contributed by atoms with van der Waals surface area (Å²) < 4.78 is 11.1. The van der Waals surface area contributed by atoms with Gasteiger partial charge >= 0.3 is 0 Å². The Labute approximate surface area is 96.2 Å². The lowest BCUT2D eigenvalue weighted by atomic mass is 10.1. The van der Waals surface area contributed by atoms with E-state index in [1.165, 1.54) is 0 Å². The molecule has 2 nitrogen and oxygen atoms in total. The van der Waals surface area contributed by atoms with E-state index in [2.05, 4.69) is 12.1 Å². The summed E-state index contributed by atoms with van der Waals surface area (Å²) in [4.78, 5) is 0. The maximum Gasteiger partial charge on any atom is 0.233 e. The van der Waals surface area contributed by atoms with E-state index in [0.29, 0.717) is 0 Å². The highest BCUT2D eigenvalue weighted by Crippen LogP contribution is 2.30. The van der Waals surface area contributed by atoms with Crippen LogP contribution in [0.5, 0.6) is 0 Å². The van der Waals surface area contributed by atoms with Crippen LogP contribution in [-0.2, 0) is 9.47 Å². The fraction of sp³-hybridized carbons (Fsp3) is 0.286. The molecular formula is C14H16O2. The summed E-state index contributed by atoms with van der Waals surface area (Å²) in [6, 6.07) is 10.1. The van der Waals surface area contributed by atoms with Gasteiger partial charge in [0.1, 0.15) is 0 Å². The smallest absolute Gasteiger partial charge is 0.233 e. The van der Waals surface area contributed by atoms with Crippen molar-refractivity contribution in [1.82, 2.24) is 0 Å². The molecule has 0 saturated carbocycles. The summed E-state index contributed by atoms with van der Waals surface area (Å²) >= 11 is 0. The first kappa shape index (κ1) is 11.0. The van der Waals surface area contributed by atoms with Crippen LogP contribution >= 0.6 is 0 Å². The van der Waals surface area contributed by atoms with Crippen molar-refractivity contribution in [2.75, 3.05) is 7.11 Å². The minimum Gasteiger partial charge on any atom is -0.463 e. The van der Waals surface area contributed by atoms with E-state index in [1.54, 1.807) is 7.11 Å². The number of ether oxygens (including phenoxy) is 2. The summed E-state index contributed by atoms with van der Waals surface area (Å²) in [6.07, 6.45) is 6.79. The molecule has 1 aliphatic heterocycles. The highest BCUT2D eigenvalue weighted by atomic mass is 16.7. The quantitative estimate of drug-likeness (QED) is 0.771. The second-order valence-electron chi connectivity index (χ2n) is 3.88. The Balaban J connectivity index is 2.11. The monoisotopic (exact) mass is 216 g/mol. The molecule has 1 aromatic carbocycles. The molecule has 2 rings (SSSR count). The number of rotatable bonds is 3. The first-order valence-electron chi connectivity index (χ1n) is 5.39. The fourth-order valence-electron chi connectivity index (χ4n) is 1.72. The molecule has 0 N–H and O–H groups in total. The van der Waals surface area contributed by atoms with E-state index in [-0.39, 0.29) is 0 Å². The standard InChI is InChI=1S/C14H16O2/c1-12-8-10-14(15-2,16-12)11-9-13-6-4-3-5-7-13/h3-9,11H,10H2,1-2H3/b11-9+. The summed E-state index contributed by atoms with van der Waals surface area (Å²) in [5, 5.41) is 0. The Hall–Kier alpha value is -1.54. The lowest BCUT2D eigenvalue weighted by Crippen LogP contribution is -2.27. The Morgan fingerprint density at radius 3 is 2.62 bits per heavy atom. The lowest BCUT2D eigenvalue weighted by molar-refractivity contribution is -0.144. The predicted molar refractivity (Wildman–Crippen MR) is 64.7 cm³/mol. The van der Waals surface area contributed by atoms with Crippen molar-refractivity contribution in [3.63, 3.8) is 0 Å². The van der Waals surface area contributed by atoms with Gasteiger partial charge in [0.25, 0.3) is 0 Å². The Morgan fingerprint density at radius 2 is 2.06 bits per heavy atom. The van der Waals surface area contributed by atoms with Crippen LogP contribution in [0, 0.1) is 0 Å². The minimum absolute atomic E-state index is 0.611. The van der Waals surface area contributed by atoms with E-state index < -0.39 is 5.79 Å². The largest absolute Gasteiger partial charge is 0.463 e. The van der Waals surface area contributed by atoms with E-state index in [9.17, 15) is 0 Å². The van der Waals surface area contributed by atoms with Gasteiger partial charge in [-0.05, 0) is 24.6 Å². The molecule has 1 heterocycles. The summed E-state index contributed by atoms with van der Waals surface area (Å²) in [5.74, 6) is 0.305. The molecular weight excluding hydrogens is 200 g/mol. The zero-order valence-corrected chi connectivity index (χ0v) is 9.64. The second kappa shape index (κ2) is 4.54. The van der Waals surface area contributed by atoms with Crippen LogP contribution < -0.4 is 0 Å². The first-order chi connectivity index (χ1) is 7.74. The van der Waals surface area contributed by atoms with Gasteiger partial charge in [0.2, 0.25) is 5.79 Å². The van der Waals surface area contributed by atoms with E-state index >= 15 is 0 Å². The van der Waals surface area contributed by atoms with Crippen molar-refractivity contribution < 1.29 is 9.47 Å². The molecule has 0 saturated heterocycles. The van der Waals surface area contributed by atoms with Crippen LogP contribution in [0.4, 0.5) is 0 Å². The van der Waals surface area contributed by atoms with Crippen LogP contribution in [0.1, 0.15) is 18.9 Å². The summed E-state index contributed by atoms with van der Waals surface area (Å²) in [7, 11) is 1.67. The molecule has 1 aromatic rings. The maximum atomic E-state index is 5.67. The molecule has 2 heteroatoms. The molecule has 16 heavy (non-hydrogen) atoms. The zero-order chi connectivity index (χ0) is 11.4. The van der Waals surface area contributed by atoms with Crippen molar-refractivity contribution >= 4 is 6.08 Å². The van der Waals surface area contributed by atoms with Crippen LogP contribution in [0.25, 0.3) is 6.08 Å². The molecule has 1 aliphatic rings. The molecule has 1 atom stereocenters. The molecule has 0 aromatic heterocycles. The molecule has 0 bridgehead atoms. The molecule has 1 unspecified atom stereocenters. The summed E-state index contributed by atoms with van der Waals surface area (Å²) in [6.45, 7) is 1.94. The molecule has 0 spiro atoms. The van der Waals surface area contributed by atoms with Crippen LogP contribution in [-0.4, -0.2) is 12.9 Å². The maximum absolute atomic E-state index is 5.67. The van der Waals surface area contributed by atoms with Crippen molar-refractivity contribution in [3.8, 4) is 0 Å². The van der Waals surface area contributed by atoms with E-state index in [1.807, 2.05) is 43.4 Å². The predicted octanol–water partition coefficient (Wildman–Crippen LogP) is 3.37. The number of allylic oxidation sites excluding steroid dienone is 1. The average Bonchev–Trinajstić information content (AvgIpc) is 2.71. The number of benzene rings is 1. The zero-order valence-electron chi connectivity index (χ0n) is 9.64. The van der Waals surface area contributed by atoms with Crippen LogP contribution in [0.15, 0.2) is 48.2 Å². The normalized spacial score (nSPS) is 24.5. The van der Waals surface area contributed by atoms with Crippen molar-refractivity contribution in [3.05, 3.63) is 53.8 Å². The molecule has 0 radical (unpaired) electrons. The average molecular weight is 216 g/mol. The Bertz CT molecular complexity index is 406. The molecule has 0 fully saturated rings. The van der Waals surface area contributed by atoms with Gasteiger partial charge in [-0.25, -0.2) is 0 Å². The van der Waals surface area contributed by atoms with Gasteiger partial charge in [0.05, 0.1) is 5.76 Å². The van der Waals surface area contributed by atoms with Gasteiger partial charge in [-0.2, -0.15) is 0 Å². The Kier molecular flexibility index (Phi) is 3.11. The Morgan fingerprint density at radius 1 is 1.31 bits per heavy atom. The first-order valence-corrected chi connectivity index (χ1v) is 5.39. The second-order valence-corrected chi connectivity index (χ2v) is 3.88. The van der Waals surface area contributed by atoms with Gasteiger partial charge in [-0.3, -0.25) is 0 Å². The van der Waals surface area contributed by atoms with E-state index in [0.717, 1.165) is 17.7 Å². The number of hydrogen-bond donors (Lipinski definition) is 0. The van der Waals surface area contributed by atoms with E-state index in [4.69, 9.17) is 9.47 Å². The third kappa shape index (κ3) is 2.34. The SMILES string of the molecule is COC1(/C=C/c2ccccc2)CC=C(C)O1. The van der Waals surface area contributed by atoms with Gasteiger partial charge in [-0.15, -0.1) is 0 Å². The third-order valence-corrected chi connectivity index (χ3v) is 2.68. The van der Waals surface area contributed by atoms with Gasteiger partial charge in [0.15, 0.2) is 0 Å². The molecule has 84 valence electrons. The lowest BCUT2D eigenvalue weighted by Gasteiger charge is -2.24.